The number of ether oxygens (including phenoxy) is 5. The van der Waals surface area contributed by atoms with E-state index in [1.807, 2.05) is 0 Å². The highest BCUT2D eigenvalue weighted by Crippen LogP contribution is 2.31. The first-order valence-electron chi connectivity index (χ1n) is 7.15. The number of rotatable bonds is 5. The molecule has 0 spiro atoms. The molecule has 0 unspecified atom stereocenters. The second-order valence-corrected chi connectivity index (χ2v) is 5.33. The molecule has 0 amide bonds. The van der Waals surface area contributed by atoms with Gasteiger partial charge in [0.1, 0.15) is 0 Å². The second kappa shape index (κ2) is 7.06. The van der Waals surface area contributed by atoms with Crippen molar-refractivity contribution in [2.24, 2.45) is 0 Å². The molecule has 0 aromatic heterocycles. The standard InChI is InChI=1S/C14H20O8/c1-7(15)19-11-6-18-14(22-10-4-5-10)13(21-9(3)17)12(11)20-8(2)16/h10-14H,4-6H2,1-3H3/t11-,12-,13+,14-/m1/s1. The van der Waals surface area contributed by atoms with Crippen molar-refractivity contribution in [3.8, 4) is 0 Å². The van der Waals surface area contributed by atoms with Crippen molar-refractivity contribution in [2.75, 3.05) is 6.61 Å². The molecule has 8 heteroatoms. The van der Waals surface area contributed by atoms with Crippen LogP contribution >= 0.6 is 0 Å². The van der Waals surface area contributed by atoms with Gasteiger partial charge in [0.05, 0.1) is 12.7 Å². The van der Waals surface area contributed by atoms with Gasteiger partial charge in [-0.3, -0.25) is 14.4 Å². The zero-order valence-electron chi connectivity index (χ0n) is 12.8. The molecule has 4 atom stereocenters. The van der Waals surface area contributed by atoms with Crippen LogP contribution in [0.1, 0.15) is 33.6 Å². The van der Waals surface area contributed by atoms with Gasteiger partial charge in [-0.1, -0.05) is 0 Å². The van der Waals surface area contributed by atoms with Gasteiger partial charge in [-0.05, 0) is 12.8 Å². The third-order valence-electron chi connectivity index (χ3n) is 3.16. The van der Waals surface area contributed by atoms with Crippen LogP contribution in [0.3, 0.4) is 0 Å². The lowest BCUT2D eigenvalue weighted by Crippen LogP contribution is -2.58. The number of hydrogen-bond acceptors (Lipinski definition) is 8. The first-order chi connectivity index (χ1) is 10.4. The fraction of sp³-hybridized carbons (Fsp3) is 0.786. The molecular weight excluding hydrogens is 296 g/mol. The summed E-state index contributed by atoms with van der Waals surface area (Å²) in [6.45, 7) is 3.68. The van der Waals surface area contributed by atoms with Crippen molar-refractivity contribution in [1.29, 1.82) is 0 Å². The number of esters is 3. The summed E-state index contributed by atoms with van der Waals surface area (Å²) in [4.78, 5) is 33.9. The topological polar surface area (TPSA) is 97.4 Å². The van der Waals surface area contributed by atoms with Crippen LogP contribution in [0.4, 0.5) is 0 Å². The van der Waals surface area contributed by atoms with E-state index in [2.05, 4.69) is 0 Å². The second-order valence-electron chi connectivity index (χ2n) is 5.33. The summed E-state index contributed by atoms with van der Waals surface area (Å²) in [6, 6.07) is 0. The third-order valence-corrected chi connectivity index (χ3v) is 3.16. The van der Waals surface area contributed by atoms with E-state index in [4.69, 9.17) is 23.7 Å². The maximum atomic E-state index is 11.3. The van der Waals surface area contributed by atoms with Gasteiger partial charge in [0.25, 0.3) is 0 Å². The third kappa shape index (κ3) is 4.67. The van der Waals surface area contributed by atoms with Crippen LogP contribution in [-0.4, -0.2) is 55.2 Å². The minimum atomic E-state index is -0.986. The smallest absolute Gasteiger partial charge is 0.303 e. The highest BCUT2D eigenvalue weighted by Gasteiger charge is 2.48. The molecule has 0 bridgehead atoms. The number of carbonyl (C=O) groups excluding carboxylic acids is 3. The van der Waals surface area contributed by atoms with Crippen molar-refractivity contribution in [1.82, 2.24) is 0 Å². The molecule has 2 aliphatic rings. The molecule has 1 heterocycles. The highest BCUT2D eigenvalue weighted by molar-refractivity contribution is 5.68. The van der Waals surface area contributed by atoms with E-state index in [1.54, 1.807) is 0 Å². The number of hydrogen-bond donors (Lipinski definition) is 0. The lowest BCUT2D eigenvalue weighted by Gasteiger charge is -2.40. The molecule has 0 radical (unpaired) electrons. The molecule has 0 N–H and O–H groups in total. The monoisotopic (exact) mass is 316 g/mol. The van der Waals surface area contributed by atoms with E-state index in [0.29, 0.717) is 0 Å². The Bertz CT molecular complexity index is 444. The maximum Gasteiger partial charge on any atom is 0.303 e. The van der Waals surface area contributed by atoms with E-state index in [0.717, 1.165) is 12.8 Å². The lowest BCUT2D eigenvalue weighted by atomic mass is 10.0. The molecule has 1 aliphatic heterocycles. The zero-order chi connectivity index (χ0) is 16.3. The van der Waals surface area contributed by atoms with Gasteiger partial charge in [-0.2, -0.15) is 0 Å². The van der Waals surface area contributed by atoms with Crippen LogP contribution in [0, 0.1) is 0 Å². The Morgan fingerprint density at radius 1 is 0.864 bits per heavy atom. The molecule has 1 saturated carbocycles. The summed E-state index contributed by atoms with van der Waals surface area (Å²) in [6.07, 6.45) is -1.82. The van der Waals surface area contributed by atoms with Crippen molar-refractivity contribution in [3.05, 3.63) is 0 Å². The maximum absolute atomic E-state index is 11.3. The van der Waals surface area contributed by atoms with Gasteiger partial charge in [-0.25, -0.2) is 0 Å². The Hall–Kier alpha value is -1.67. The zero-order valence-corrected chi connectivity index (χ0v) is 12.8. The lowest BCUT2D eigenvalue weighted by molar-refractivity contribution is -0.283. The summed E-state index contributed by atoms with van der Waals surface area (Å²) in [5.41, 5.74) is 0. The van der Waals surface area contributed by atoms with Crippen molar-refractivity contribution < 1.29 is 38.1 Å². The van der Waals surface area contributed by atoms with Crippen LogP contribution in [0.15, 0.2) is 0 Å². The van der Waals surface area contributed by atoms with Crippen LogP contribution < -0.4 is 0 Å². The SMILES string of the molecule is CC(=O)O[C@@H]1[C@@H](OC2CC2)OC[C@@H](OC(C)=O)[C@H]1OC(C)=O. The van der Waals surface area contributed by atoms with Crippen LogP contribution in [0.5, 0.6) is 0 Å². The molecule has 22 heavy (non-hydrogen) atoms. The van der Waals surface area contributed by atoms with Gasteiger partial charge >= 0.3 is 17.9 Å². The molecule has 2 rings (SSSR count). The number of carbonyl (C=O) groups is 3. The Kier molecular flexibility index (Phi) is 5.36. The van der Waals surface area contributed by atoms with Crippen LogP contribution in [0.25, 0.3) is 0 Å². The molecule has 1 aliphatic carbocycles. The van der Waals surface area contributed by atoms with Crippen molar-refractivity contribution in [3.63, 3.8) is 0 Å². The Morgan fingerprint density at radius 2 is 1.41 bits per heavy atom. The predicted octanol–water partition coefficient (Wildman–Crippen LogP) is 0.317. The highest BCUT2D eigenvalue weighted by atomic mass is 16.7. The Morgan fingerprint density at radius 3 is 1.91 bits per heavy atom. The first kappa shape index (κ1) is 16.7. The summed E-state index contributed by atoms with van der Waals surface area (Å²) in [5.74, 6) is -1.70. The van der Waals surface area contributed by atoms with E-state index >= 15 is 0 Å². The first-order valence-corrected chi connectivity index (χ1v) is 7.15. The van der Waals surface area contributed by atoms with Crippen LogP contribution in [0.2, 0.25) is 0 Å². The molecule has 2 fully saturated rings. The average Bonchev–Trinajstić information content (AvgIpc) is 3.18. The normalized spacial score (nSPS) is 31.2. The van der Waals surface area contributed by atoms with Gasteiger partial charge in [0.2, 0.25) is 0 Å². The van der Waals surface area contributed by atoms with E-state index < -0.39 is 42.5 Å². The van der Waals surface area contributed by atoms with E-state index in [9.17, 15) is 14.4 Å². The molecule has 1 saturated heterocycles. The van der Waals surface area contributed by atoms with Gasteiger partial charge in [0.15, 0.2) is 24.6 Å². The molecule has 0 aromatic rings. The summed E-state index contributed by atoms with van der Waals surface area (Å²) in [7, 11) is 0. The Labute approximate surface area is 128 Å². The molecule has 8 nitrogen and oxygen atoms in total. The minimum absolute atomic E-state index is 0.00726. The van der Waals surface area contributed by atoms with Gasteiger partial charge in [0, 0.05) is 20.8 Å². The summed E-state index contributed by atoms with van der Waals surface area (Å²) >= 11 is 0. The Balaban J connectivity index is 2.16. The molecular formula is C14H20O8. The fourth-order valence-corrected chi connectivity index (χ4v) is 2.22. The molecule has 124 valence electrons. The average molecular weight is 316 g/mol. The quantitative estimate of drug-likeness (QED) is 0.528. The van der Waals surface area contributed by atoms with E-state index in [-0.39, 0.29) is 12.7 Å². The summed E-state index contributed by atoms with van der Waals surface area (Å²) < 4.78 is 26.6. The van der Waals surface area contributed by atoms with Gasteiger partial charge < -0.3 is 23.7 Å². The minimum Gasteiger partial charge on any atom is -0.456 e. The predicted molar refractivity (Wildman–Crippen MR) is 70.5 cm³/mol. The molecule has 0 aromatic carbocycles. The van der Waals surface area contributed by atoms with Crippen molar-refractivity contribution in [2.45, 2.75) is 64.3 Å². The van der Waals surface area contributed by atoms with E-state index in [1.165, 1.54) is 20.8 Å². The van der Waals surface area contributed by atoms with Crippen molar-refractivity contribution >= 4 is 17.9 Å². The largest absolute Gasteiger partial charge is 0.456 e. The van der Waals surface area contributed by atoms with Crippen LogP contribution in [-0.2, 0) is 38.1 Å². The van der Waals surface area contributed by atoms with Gasteiger partial charge in [-0.15, -0.1) is 0 Å². The summed E-state index contributed by atoms with van der Waals surface area (Å²) in [5, 5.41) is 0. The fourth-order valence-electron chi connectivity index (χ4n) is 2.22.